The Morgan fingerprint density at radius 3 is 2.83 bits per heavy atom. The molecular formula is C14H19N2O5PS2. The SMILES string of the molecule is COP(=O)(O)C1N2C(=O)C(NC(=O)Cc3cccs3)[C@H]2SC1(C)C. The van der Waals surface area contributed by atoms with Gasteiger partial charge in [0.1, 0.15) is 17.2 Å². The summed E-state index contributed by atoms with van der Waals surface area (Å²) in [5, 5.41) is 4.29. The summed E-state index contributed by atoms with van der Waals surface area (Å²) in [6, 6.07) is 3.07. The van der Waals surface area contributed by atoms with Gasteiger partial charge >= 0.3 is 7.60 Å². The molecule has 2 amide bonds. The van der Waals surface area contributed by atoms with E-state index in [0.29, 0.717) is 0 Å². The van der Waals surface area contributed by atoms with Gasteiger partial charge in [-0.1, -0.05) is 6.07 Å². The van der Waals surface area contributed by atoms with Gasteiger partial charge in [0.05, 0.1) is 6.42 Å². The van der Waals surface area contributed by atoms with E-state index in [1.807, 2.05) is 17.5 Å². The van der Waals surface area contributed by atoms with Crippen LogP contribution in [0.15, 0.2) is 17.5 Å². The summed E-state index contributed by atoms with van der Waals surface area (Å²) in [6.45, 7) is 3.61. The number of hydrogen-bond donors (Lipinski definition) is 2. The first-order valence-corrected chi connectivity index (χ1v) is 10.8. The van der Waals surface area contributed by atoms with Crippen LogP contribution in [0.3, 0.4) is 0 Å². The molecule has 132 valence electrons. The number of nitrogens with zero attached hydrogens (tertiary/aromatic N) is 1. The smallest absolute Gasteiger partial charge is 0.341 e. The number of nitrogens with one attached hydrogen (secondary N) is 1. The molecule has 1 aromatic heterocycles. The molecule has 2 fully saturated rings. The topological polar surface area (TPSA) is 95.9 Å². The Morgan fingerprint density at radius 2 is 2.25 bits per heavy atom. The summed E-state index contributed by atoms with van der Waals surface area (Å²) >= 11 is 2.89. The van der Waals surface area contributed by atoms with Crippen molar-refractivity contribution in [3.8, 4) is 0 Å². The summed E-state index contributed by atoms with van der Waals surface area (Å²) < 4.78 is 16.4. The lowest BCUT2D eigenvalue weighted by Gasteiger charge is -2.45. The Balaban J connectivity index is 1.71. The quantitative estimate of drug-likeness (QED) is 0.586. The van der Waals surface area contributed by atoms with E-state index < -0.39 is 24.2 Å². The Morgan fingerprint density at radius 1 is 1.54 bits per heavy atom. The molecule has 0 bridgehead atoms. The third-order valence-electron chi connectivity index (χ3n) is 4.19. The van der Waals surface area contributed by atoms with Crippen LogP contribution in [0.1, 0.15) is 18.7 Å². The van der Waals surface area contributed by atoms with Gasteiger partial charge in [-0.05, 0) is 25.3 Å². The zero-order chi connectivity index (χ0) is 17.7. The molecule has 3 unspecified atom stereocenters. The summed E-state index contributed by atoms with van der Waals surface area (Å²) in [4.78, 5) is 37.0. The third kappa shape index (κ3) is 2.93. The van der Waals surface area contributed by atoms with Crippen LogP contribution in [0.25, 0.3) is 0 Å². The number of β-lactam (4-membered cyclic amide) rings is 1. The van der Waals surface area contributed by atoms with Crippen LogP contribution in [0.2, 0.25) is 0 Å². The molecule has 2 aliphatic rings. The molecule has 10 heteroatoms. The highest BCUT2D eigenvalue weighted by Crippen LogP contribution is 2.64. The number of fused-ring (bicyclic) bond motifs is 1. The number of carbonyl (C=O) groups is 2. The highest BCUT2D eigenvalue weighted by Gasteiger charge is 2.66. The van der Waals surface area contributed by atoms with Crippen LogP contribution >= 0.6 is 30.7 Å². The van der Waals surface area contributed by atoms with Gasteiger partial charge in [-0.15, -0.1) is 23.1 Å². The fourth-order valence-electron chi connectivity index (χ4n) is 3.16. The van der Waals surface area contributed by atoms with Gasteiger partial charge in [0.15, 0.2) is 0 Å². The van der Waals surface area contributed by atoms with E-state index in [-0.39, 0.29) is 23.6 Å². The molecule has 24 heavy (non-hydrogen) atoms. The van der Waals surface area contributed by atoms with Gasteiger partial charge < -0.3 is 19.6 Å². The minimum atomic E-state index is -3.96. The Kier molecular flexibility index (Phi) is 4.59. The molecule has 0 aromatic carbocycles. The minimum Gasteiger partial charge on any atom is -0.341 e. The molecule has 0 radical (unpaired) electrons. The molecule has 0 saturated carbocycles. The first kappa shape index (κ1) is 17.9. The second kappa shape index (κ2) is 6.14. The molecule has 0 spiro atoms. The highest BCUT2D eigenvalue weighted by molar-refractivity contribution is 8.02. The van der Waals surface area contributed by atoms with Crippen molar-refractivity contribution in [3.05, 3.63) is 22.4 Å². The van der Waals surface area contributed by atoms with Gasteiger partial charge in [-0.3, -0.25) is 14.2 Å². The van der Waals surface area contributed by atoms with Crippen LogP contribution < -0.4 is 5.32 Å². The van der Waals surface area contributed by atoms with Crippen LogP contribution in [0, 0.1) is 0 Å². The van der Waals surface area contributed by atoms with Crippen LogP contribution in [-0.4, -0.2) is 50.7 Å². The first-order chi connectivity index (χ1) is 11.2. The molecule has 7 nitrogen and oxygen atoms in total. The van der Waals surface area contributed by atoms with Gasteiger partial charge in [0.2, 0.25) is 11.8 Å². The van der Waals surface area contributed by atoms with Gasteiger partial charge in [-0.2, -0.15) is 0 Å². The number of rotatable bonds is 5. The van der Waals surface area contributed by atoms with Crippen molar-refractivity contribution in [3.63, 3.8) is 0 Å². The van der Waals surface area contributed by atoms with E-state index in [9.17, 15) is 19.0 Å². The standard InChI is InChI=1S/C14H19N2O5PS2/c1-14(2)13(22(19,20)21-3)16-11(18)10(12(16)24-14)15-9(17)7-8-5-4-6-23-8/h4-6,10,12-13H,7H2,1-3H3,(H,15,17)(H,19,20)/t10?,12-,13?/m1/s1. The van der Waals surface area contributed by atoms with E-state index >= 15 is 0 Å². The van der Waals surface area contributed by atoms with E-state index in [0.717, 1.165) is 4.88 Å². The second-order valence-electron chi connectivity index (χ2n) is 6.28. The number of carbonyl (C=O) groups excluding carboxylic acids is 2. The van der Waals surface area contributed by atoms with Crippen LogP contribution in [0.5, 0.6) is 0 Å². The maximum atomic E-state index is 12.5. The van der Waals surface area contributed by atoms with Gasteiger partial charge in [0.25, 0.3) is 0 Å². The molecule has 2 saturated heterocycles. The third-order valence-corrected chi connectivity index (χ3v) is 8.85. The lowest BCUT2D eigenvalue weighted by atomic mass is 10.0. The molecule has 2 N–H and O–H groups in total. The van der Waals surface area contributed by atoms with Gasteiger partial charge in [-0.25, -0.2) is 0 Å². The number of hydrogen-bond acceptors (Lipinski definition) is 6. The molecule has 2 aliphatic heterocycles. The number of thiophene rings is 1. The Hall–Kier alpha value is -0.860. The van der Waals surface area contributed by atoms with Crippen molar-refractivity contribution < 1.29 is 23.6 Å². The average molecular weight is 390 g/mol. The van der Waals surface area contributed by atoms with Gasteiger partial charge in [0, 0.05) is 16.7 Å². The normalized spacial score (nSPS) is 30.4. The molecule has 0 aliphatic carbocycles. The molecule has 3 rings (SSSR count). The Bertz CT molecular complexity index is 708. The van der Waals surface area contributed by atoms with Crippen molar-refractivity contribution in [1.29, 1.82) is 0 Å². The van der Waals surface area contributed by atoms with Crippen LogP contribution in [-0.2, 0) is 25.1 Å². The lowest BCUT2D eigenvalue weighted by molar-refractivity contribution is -0.149. The van der Waals surface area contributed by atoms with Crippen molar-refractivity contribution in [1.82, 2.24) is 10.2 Å². The van der Waals surface area contributed by atoms with Crippen LogP contribution in [0.4, 0.5) is 0 Å². The largest absolute Gasteiger partial charge is 0.351 e. The van der Waals surface area contributed by atoms with Crippen molar-refractivity contribution in [2.24, 2.45) is 0 Å². The number of thioether (sulfide) groups is 1. The van der Waals surface area contributed by atoms with Crippen molar-refractivity contribution >= 4 is 42.5 Å². The maximum Gasteiger partial charge on any atom is 0.351 e. The first-order valence-electron chi connectivity index (χ1n) is 7.37. The molecule has 4 atom stereocenters. The summed E-state index contributed by atoms with van der Waals surface area (Å²) in [5.41, 5.74) is 0. The minimum absolute atomic E-state index is 0.224. The molecule has 1 aromatic rings. The highest BCUT2D eigenvalue weighted by atomic mass is 32.2. The predicted molar refractivity (Wildman–Crippen MR) is 92.9 cm³/mol. The van der Waals surface area contributed by atoms with Crippen molar-refractivity contribution in [2.45, 2.75) is 42.2 Å². The fraction of sp³-hybridized carbons (Fsp3) is 0.571. The van der Waals surface area contributed by atoms with E-state index in [1.165, 1.54) is 35.1 Å². The fourth-order valence-corrected chi connectivity index (χ4v) is 7.61. The summed E-state index contributed by atoms with van der Waals surface area (Å²) in [6.07, 6.45) is 0.224. The van der Waals surface area contributed by atoms with Crippen molar-refractivity contribution in [2.75, 3.05) is 7.11 Å². The molecule has 3 heterocycles. The van der Waals surface area contributed by atoms with E-state index in [2.05, 4.69) is 5.32 Å². The Labute approximate surface area is 148 Å². The average Bonchev–Trinajstić information content (AvgIpc) is 3.09. The predicted octanol–water partition coefficient (Wildman–Crippen LogP) is 1.63. The monoisotopic (exact) mass is 390 g/mol. The van der Waals surface area contributed by atoms with E-state index in [4.69, 9.17) is 4.52 Å². The zero-order valence-corrected chi connectivity index (χ0v) is 16.0. The zero-order valence-electron chi connectivity index (χ0n) is 13.5. The molecular weight excluding hydrogens is 371 g/mol. The number of amides is 2. The van der Waals surface area contributed by atoms with E-state index in [1.54, 1.807) is 13.8 Å². The lowest BCUT2D eigenvalue weighted by Crippen LogP contribution is -2.69. The summed E-state index contributed by atoms with van der Waals surface area (Å²) in [5.74, 6) is -1.48. The maximum absolute atomic E-state index is 12.5. The summed E-state index contributed by atoms with van der Waals surface area (Å²) in [7, 11) is -2.79. The second-order valence-corrected chi connectivity index (χ2v) is 11.1.